The summed E-state index contributed by atoms with van der Waals surface area (Å²) in [4.78, 5) is 2.17. The predicted octanol–water partition coefficient (Wildman–Crippen LogP) is 2.97. The van der Waals surface area contributed by atoms with E-state index in [1.165, 1.54) is 0 Å². The van der Waals surface area contributed by atoms with E-state index >= 15 is 0 Å². The maximum Gasteiger partial charge on any atom is 0.125 e. The van der Waals surface area contributed by atoms with Crippen molar-refractivity contribution in [3.63, 3.8) is 0 Å². The summed E-state index contributed by atoms with van der Waals surface area (Å²) < 4.78 is 10.7. The molecule has 0 heterocycles. The standard InChI is InChI=1S/C12H18BrNO2/c1-8-6-11(16-5)9(7-10(8)15-4)12(13)14(2)3/h6-7,12H,1-5H3. The molecule has 0 spiro atoms. The van der Waals surface area contributed by atoms with E-state index < -0.39 is 0 Å². The summed E-state index contributed by atoms with van der Waals surface area (Å²) in [5.74, 6) is 1.75. The van der Waals surface area contributed by atoms with E-state index in [1.807, 2.05) is 33.2 Å². The first-order chi connectivity index (χ1) is 7.51. The van der Waals surface area contributed by atoms with Crippen molar-refractivity contribution in [3.05, 3.63) is 23.3 Å². The molecule has 1 aromatic carbocycles. The monoisotopic (exact) mass is 287 g/mol. The number of ether oxygens (including phenoxy) is 2. The lowest BCUT2D eigenvalue weighted by Gasteiger charge is -2.22. The number of hydrogen-bond acceptors (Lipinski definition) is 3. The van der Waals surface area contributed by atoms with Crippen LogP contribution in [0.15, 0.2) is 12.1 Å². The van der Waals surface area contributed by atoms with Gasteiger partial charge in [0.25, 0.3) is 0 Å². The Kier molecular flexibility index (Phi) is 4.62. The van der Waals surface area contributed by atoms with Crippen LogP contribution in [0.5, 0.6) is 11.5 Å². The van der Waals surface area contributed by atoms with Crippen molar-refractivity contribution in [1.82, 2.24) is 4.90 Å². The second kappa shape index (κ2) is 5.55. The lowest BCUT2D eigenvalue weighted by molar-refractivity contribution is 0.363. The second-order valence-electron chi connectivity index (χ2n) is 3.86. The van der Waals surface area contributed by atoms with Crippen LogP contribution in [0, 0.1) is 6.92 Å². The highest BCUT2D eigenvalue weighted by atomic mass is 79.9. The Hall–Kier alpha value is -0.740. The Bertz CT molecular complexity index is 366. The van der Waals surface area contributed by atoms with Crippen LogP contribution in [-0.2, 0) is 0 Å². The number of aryl methyl sites for hydroxylation is 1. The average molecular weight is 288 g/mol. The third-order valence-corrected chi connectivity index (χ3v) is 3.77. The zero-order valence-electron chi connectivity index (χ0n) is 10.4. The molecule has 4 heteroatoms. The summed E-state index contributed by atoms with van der Waals surface area (Å²) in [7, 11) is 7.37. The van der Waals surface area contributed by atoms with Gasteiger partial charge >= 0.3 is 0 Å². The largest absolute Gasteiger partial charge is 0.496 e. The molecule has 1 unspecified atom stereocenters. The molecule has 0 saturated carbocycles. The average Bonchev–Trinajstić information content (AvgIpc) is 2.27. The van der Waals surface area contributed by atoms with Crippen molar-refractivity contribution in [2.45, 2.75) is 11.9 Å². The van der Waals surface area contributed by atoms with Crippen LogP contribution in [0.3, 0.4) is 0 Å². The van der Waals surface area contributed by atoms with Crippen molar-refractivity contribution in [2.24, 2.45) is 0 Å². The van der Waals surface area contributed by atoms with E-state index in [2.05, 4.69) is 20.8 Å². The van der Waals surface area contributed by atoms with Gasteiger partial charge < -0.3 is 9.47 Å². The fraction of sp³-hybridized carbons (Fsp3) is 0.500. The Morgan fingerprint density at radius 2 is 1.69 bits per heavy atom. The normalized spacial score (nSPS) is 12.7. The minimum absolute atomic E-state index is 0.108. The highest BCUT2D eigenvalue weighted by Crippen LogP contribution is 2.36. The molecule has 0 N–H and O–H groups in total. The van der Waals surface area contributed by atoms with Crippen LogP contribution >= 0.6 is 15.9 Å². The van der Waals surface area contributed by atoms with Gasteiger partial charge in [-0.3, -0.25) is 4.90 Å². The van der Waals surface area contributed by atoms with E-state index in [-0.39, 0.29) is 4.95 Å². The molecule has 1 rings (SSSR count). The van der Waals surface area contributed by atoms with Gasteiger partial charge in [-0.15, -0.1) is 0 Å². The fourth-order valence-electron chi connectivity index (χ4n) is 1.54. The third kappa shape index (κ3) is 2.68. The molecule has 0 aliphatic heterocycles. The molecule has 1 atom stereocenters. The molecular formula is C12H18BrNO2. The van der Waals surface area contributed by atoms with Crippen LogP contribution in [0.2, 0.25) is 0 Å². The van der Waals surface area contributed by atoms with Gasteiger partial charge in [0.2, 0.25) is 0 Å². The summed E-state index contributed by atoms with van der Waals surface area (Å²) in [6.07, 6.45) is 0. The minimum atomic E-state index is 0.108. The number of benzene rings is 1. The molecule has 0 amide bonds. The first-order valence-electron chi connectivity index (χ1n) is 5.04. The number of alkyl halides is 1. The van der Waals surface area contributed by atoms with E-state index in [1.54, 1.807) is 14.2 Å². The zero-order chi connectivity index (χ0) is 12.3. The van der Waals surface area contributed by atoms with Gasteiger partial charge in [0.05, 0.1) is 19.2 Å². The molecular weight excluding hydrogens is 270 g/mol. The summed E-state index contributed by atoms with van der Waals surface area (Å²) in [5, 5.41) is 0. The first-order valence-corrected chi connectivity index (χ1v) is 5.95. The second-order valence-corrected chi connectivity index (χ2v) is 4.73. The van der Waals surface area contributed by atoms with Crippen molar-refractivity contribution < 1.29 is 9.47 Å². The smallest absolute Gasteiger partial charge is 0.125 e. The molecule has 0 saturated heterocycles. The maximum atomic E-state index is 5.38. The predicted molar refractivity (Wildman–Crippen MR) is 69.6 cm³/mol. The summed E-state index contributed by atoms with van der Waals surface area (Å²) in [6.45, 7) is 2.00. The molecule has 0 fully saturated rings. The van der Waals surface area contributed by atoms with Gasteiger partial charge in [0.15, 0.2) is 0 Å². The van der Waals surface area contributed by atoms with Crippen LogP contribution in [0.1, 0.15) is 16.1 Å². The fourth-order valence-corrected chi connectivity index (χ4v) is 1.90. The molecule has 16 heavy (non-hydrogen) atoms. The Labute approximate surface area is 105 Å². The first kappa shape index (κ1) is 13.3. The lowest BCUT2D eigenvalue weighted by atomic mass is 10.1. The van der Waals surface area contributed by atoms with Crippen LogP contribution in [-0.4, -0.2) is 33.2 Å². The number of methoxy groups -OCH3 is 2. The number of halogens is 1. The summed E-state index contributed by atoms with van der Waals surface area (Å²) in [5.41, 5.74) is 2.14. The van der Waals surface area contributed by atoms with Crippen molar-refractivity contribution in [1.29, 1.82) is 0 Å². The lowest BCUT2D eigenvalue weighted by Crippen LogP contribution is -2.15. The van der Waals surface area contributed by atoms with Crippen molar-refractivity contribution >= 4 is 15.9 Å². The quantitative estimate of drug-likeness (QED) is 0.628. The zero-order valence-corrected chi connectivity index (χ0v) is 12.0. The van der Waals surface area contributed by atoms with Gasteiger partial charge in [0.1, 0.15) is 11.5 Å². The van der Waals surface area contributed by atoms with Gasteiger partial charge in [-0.25, -0.2) is 0 Å². The summed E-state index contributed by atoms with van der Waals surface area (Å²) >= 11 is 3.62. The van der Waals surface area contributed by atoms with Gasteiger partial charge in [-0.1, -0.05) is 15.9 Å². The summed E-state index contributed by atoms with van der Waals surface area (Å²) in [6, 6.07) is 4.00. The van der Waals surface area contributed by atoms with Crippen LogP contribution in [0.4, 0.5) is 0 Å². The van der Waals surface area contributed by atoms with Gasteiger partial charge in [-0.05, 0) is 38.7 Å². The molecule has 0 radical (unpaired) electrons. The number of hydrogen-bond donors (Lipinski definition) is 0. The van der Waals surface area contributed by atoms with E-state index in [9.17, 15) is 0 Å². The van der Waals surface area contributed by atoms with Gasteiger partial charge in [-0.2, -0.15) is 0 Å². The van der Waals surface area contributed by atoms with Crippen LogP contribution in [0.25, 0.3) is 0 Å². The Morgan fingerprint density at radius 3 is 2.12 bits per heavy atom. The van der Waals surface area contributed by atoms with Crippen LogP contribution < -0.4 is 9.47 Å². The molecule has 0 aromatic heterocycles. The third-order valence-electron chi connectivity index (χ3n) is 2.46. The Balaban J connectivity index is 3.24. The van der Waals surface area contributed by atoms with Crippen molar-refractivity contribution in [3.8, 4) is 11.5 Å². The maximum absolute atomic E-state index is 5.38. The Morgan fingerprint density at radius 1 is 1.12 bits per heavy atom. The van der Waals surface area contributed by atoms with Gasteiger partial charge in [0, 0.05) is 5.56 Å². The number of nitrogens with zero attached hydrogens (tertiary/aromatic N) is 1. The molecule has 0 bridgehead atoms. The molecule has 90 valence electrons. The van der Waals surface area contributed by atoms with Crippen molar-refractivity contribution in [2.75, 3.05) is 28.3 Å². The van der Waals surface area contributed by atoms with E-state index in [0.717, 1.165) is 22.6 Å². The minimum Gasteiger partial charge on any atom is -0.496 e. The highest BCUT2D eigenvalue weighted by Gasteiger charge is 2.17. The number of rotatable bonds is 4. The molecule has 0 aliphatic rings. The molecule has 1 aromatic rings. The SMILES string of the molecule is COc1cc(C(Br)N(C)C)c(OC)cc1C. The topological polar surface area (TPSA) is 21.7 Å². The highest BCUT2D eigenvalue weighted by molar-refractivity contribution is 9.09. The van der Waals surface area contributed by atoms with E-state index in [0.29, 0.717) is 0 Å². The molecule has 3 nitrogen and oxygen atoms in total. The van der Waals surface area contributed by atoms with E-state index in [4.69, 9.17) is 9.47 Å². The molecule has 0 aliphatic carbocycles.